The van der Waals surface area contributed by atoms with Crippen molar-refractivity contribution in [1.82, 2.24) is 20.7 Å². The van der Waals surface area contributed by atoms with E-state index in [0.29, 0.717) is 16.8 Å². The Morgan fingerprint density at radius 3 is 2.49 bits per heavy atom. The van der Waals surface area contributed by atoms with Crippen molar-refractivity contribution in [1.29, 1.82) is 0 Å². The van der Waals surface area contributed by atoms with Gasteiger partial charge in [-0.25, -0.2) is 20.3 Å². The molecular weight excluding hydrogens is 505 g/mol. The average Bonchev–Trinajstić information content (AvgIpc) is 2.87. The molecule has 1 aliphatic carbocycles. The number of carbonyl (C=O) groups is 2. The van der Waals surface area contributed by atoms with Gasteiger partial charge in [-0.1, -0.05) is 25.3 Å². The van der Waals surface area contributed by atoms with E-state index >= 15 is 0 Å². The highest BCUT2D eigenvalue weighted by atomic mass is 19.1. The van der Waals surface area contributed by atoms with Gasteiger partial charge in [0.1, 0.15) is 11.3 Å². The number of hydrazine groups is 1. The molecule has 3 rings (SSSR count). The molecule has 11 nitrogen and oxygen atoms in total. The fourth-order valence-corrected chi connectivity index (χ4v) is 3.86. The standard InChI is InChI=1S/C17H21FN6O2.C10H19NO2/c1-10-6-12(16(19)23-24(2)20)8-14(22-10)17(25)21-9-11-4-5-13(18)15(7-11)26-3;1-10(2,13)9(12)11-8-6-4-3-5-7-8/h4-8H,9,20H2,1-3H3,(H2,19,23)(H,21,25);8,13H,3-7H2,1-2H3,(H,11,12). The minimum Gasteiger partial charge on any atom is -0.494 e. The van der Waals surface area contributed by atoms with Gasteiger partial charge in [0.15, 0.2) is 17.4 Å². The van der Waals surface area contributed by atoms with Crippen LogP contribution in [0.1, 0.15) is 73.3 Å². The summed E-state index contributed by atoms with van der Waals surface area (Å²) < 4.78 is 18.4. The summed E-state index contributed by atoms with van der Waals surface area (Å²) in [5.41, 5.74) is 6.64. The number of halogens is 1. The first-order chi connectivity index (χ1) is 18.3. The third-order valence-corrected chi connectivity index (χ3v) is 5.91. The highest BCUT2D eigenvalue weighted by molar-refractivity contribution is 6.00. The Bertz CT molecular complexity index is 1160. The van der Waals surface area contributed by atoms with Crippen LogP contribution in [-0.4, -0.2) is 58.7 Å². The minimum absolute atomic E-state index is 0.114. The molecule has 12 heteroatoms. The zero-order chi connectivity index (χ0) is 29.2. The number of rotatable bonds is 8. The van der Waals surface area contributed by atoms with E-state index < -0.39 is 17.3 Å². The summed E-state index contributed by atoms with van der Waals surface area (Å²) in [7, 11) is 2.91. The molecule has 39 heavy (non-hydrogen) atoms. The van der Waals surface area contributed by atoms with Gasteiger partial charge in [0.2, 0.25) is 0 Å². The number of aliphatic hydroxyl groups is 1. The number of nitrogens with two attached hydrogens (primary N) is 2. The van der Waals surface area contributed by atoms with Gasteiger partial charge in [-0.05, 0) is 63.4 Å². The zero-order valence-electron chi connectivity index (χ0n) is 23.3. The smallest absolute Gasteiger partial charge is 0.270 e. The summed E-state index contributed by atoms with van der Waals surface area (Å²) in [5, 5.41) is 20.0. The van der Waals surface area contributed by atoms with Gasteiger partial charge >= 0.3 is 0 Å². The number of nitrogens with zero attached hydrogens (tertiary/aromatic N) is 3. The number of hydrogen-bond acceptors (Lipinski definition) is 8. The third-order valence-electron chi connectivity index (χ3n) is 5.91. The van der Waals surface area contributed by atoms with Crippen LogP contribution in [0.2, 0.25) is 0 Å². The molecule has 0 bridgehead atoms. The van der Waals surface area contributed by atoms with Crippen molar-refractivity contribution in [3.63, 3.8) is 0 Å². The first-order valence-corrected chi connectivity index (χ1v) is 12.8. The molecule has 2 amide bonds. The van der Waals surface area contributed by atoms with Gasteiger partial charge in [-0.3, -0.25) is 9.59 Å². The van der Waals surface area contributed by atoms with Crippen molar-refractivity contribution in [2.75, 3.05) is 14.2 Å². The van der Waals surface area contributed by atoms with Crippen molar-refractivity contribution in [3.05, 3.63) is 58.7 Å². The number of nitrogens with one attached hydrogen (secondary N) is 2. The Morgan fingerprint density at radius 2 is 1.90 bits per heavy atom. The van der Waals surface area contributed by atoms with Crippen LogP contribution in [0.15, 0.2) is 35.4 Å². The molecule has 2 aromatic rings. The predicted octanol–water partition coefficient (Wildman–Crippen LogP) is 2.10. The summed E-state index contributed by atoms with van der Waals surface area (Å²) in [6.45, 7) is 4.97. The molecule has 0 saturated heterocycles. The Balaban J connectivity index is 0.000000344. The maximum absolute atomic E-state index is 13.4. The van der Waals surface area contributed by atoms with E-state index in [9.17, 15) is 19.1 Å². The van der Waals surface area contributed by atoms with Gasteiger partial charge in [0.25, 0.3) is 11.8 Å². The van der Waals surface area contributed by atoms with Gasteiger partial charge in [-0.15, -0.1) is 5.10 Å². The van der Waals surface area contributed by atoms with E-state index in [4.69, 9.17) is 16.3 Å². The second-order valence-corrected chi connectivity index (χ2v) is 9.96. The number of ether oxygens (including phenoxy) is 1. The van der Waals surface area contributed by atoms with Crippen molar-refractivity contribution < 1.29 is 23.8 Å². The maximum atomic E-state index is 13.4. The first-order valence-electron chi connectivity index (χ1n) is 12.8. The lowest BCUT2D eigenvalue weighted by molar-refractivity contribution is -0.137. The zero-order valence-corrected chi connectivity index (χ0v) is 23.3. The number of aromatic nitrogens is 1. The molecule has 1 aromatic heterocycles. The largest absolute Gasteiger partial charge is 0.494 e. The molecular formula is C27H40FN7O4. The van der Waals surface area contributed by atoms with Crippen LogP contribution in [0.5, 0.6) is 5.75 Å². The van der Waals surface area contributed by atoms with Crippen LogP contribution in [0, 0.1) is 12.7 Å². The quantitative estimate of drug-likeness (QED) is 0.145. The lowest BCUT2D eigenvalue weighted by Crippen LogP contribution is -2.47. The second kappa shape index (κ2) is 14.4. The van der Waals surface area contributed by atoms with E-state index in [1.54, 1.807) is 19.1 Å². The molecule has 1 aromatic carbocycles. The highest BCUT2D eigenvalue weighted by Crippen LogP contribution is 2.19. The fourth-order valence-electron chi connectivity index (χ4n) is 3.86. The van der Waals surface area contributed by atoms with Gasteiger partial charge in [-0.2, -0.15) is 0 Å². The second-order valence-electron chi connectivity index (χ2n) is 9.96. The van der Waals surface area contributed by atoms with Crippen molar-refractivity contribution in [2.45, 2.75) is 71.1 Å². The molecule has 1 fully saturated rings. The Labute approximate surface area is 228 Å². The van der Waals surface area contributed by atoms with Crippen LogP contribution in [-0.2, 0) is 11.3 Å². The van der Waals surface area contributed by atoms with Crippen molar-refractivity contribution >= 4 is 17.6 Å². The van der Waals surface area contributed by atoms with Crippen LogP contribution in [0.4, 0.5) is 4.39 Å². The lowest BCUT2D eigenvalue weighted by Gasteiger charge is -2.26. The molecule has 1 aliphatic rings. The summed E-state index contributed by atoms with van der Waals surface area (Å²) >= 11 is 0. The molecule has 214 valence electrons. The summed E-state index contributed by atoms with van der Waals surface area (Å²) in [6, 6.07) is 7.87. The molecule has 0 spiro atoms. The molecule has 0 aliphatic heterocycles. The Morgan fingerprint density at radius 1 is 1.23 bits per heavy atom. The summed E-state index contributed by atoms with van der Waals surface area (Å²) in [5.74, 6) is 4.61. The number of pyridine rings is 1. The monoisotopic (exact) mass is 545 g/mol. The van der Waals surface area contributed by atoms with Gasteiger partial charge in [0, 0.05) is 30.9 Å². The lowest BCUT2D eigenvalue weighted by atomic mass is 9.95. The van der Waals surface area contributed by atoms with E-state index in [1.807, 2.05) is 0 Å². The minimum atomic E-state index is -1.24. The van der Waals surface area contributed by atoms with E-state index in [1.165, 1.54) is 65.5 Å². The van der Waals surface area contributed by atoms with Crippen LogP contribution in [0.25, 0.3) is 0 Å². The summed E-state index contributed by atoms with van der Waals surface area (Å²) in [6.07, 6.45) is 5.77. The molecule has 0 unspecified atom stereocenters. The number of hydrazone groups is 1. The van der Waals surface area contributed by atoms with E-state index in [-0.39, 0.29) is 35.8 Å². The van der Waals surface area contributed by atoms with Gasteiger partial charge in [0.05, 0.1) is 7.11 Å². The van der Waals surface area contributed by atoms with Crippen molar-refractivity contribution in [3.8, 4) is 5.75 Å². The van der Waals surface area contributed by atoms with Crippen molar-refractivity contribution in [2.24, 2.45) is 16.7 Å². The normalized spacial score (nSPS) is 14.1. The van der Waals surface area contributed by atoms with E-state index in [0.717, 1.165) is 18.0 Å². The highest BCUT2D eigenvalue weighted by Gasteiger charge is 2.26. The maximum Gasteiger partial charge on any atom is 0.270 e. The number of benzene rings is 1. The summed E-state index contributed by atoms with van der Waals surface area (Å²) in [4.78, 5) is 28.0. The molecule has 1 heterocycles. The predicted molar refractivity (Wildman–Crippen MR) is 147 cm³/mol. The fraction of sp³-hybridized carbons (Fsp3) is 0.481. The first kappa shape index (κ1) is 31.4. The number of carbonyl (C=O) groups excluding carboxylic acids is 2. The Kier molecular flexibility index (Phi) is 11.6. The molecule has 7 N–H and O–H groups in total. The molecule has 0 radical (unpaired) electrons. The number of amides is 2. The van der Waals surface area contributed by atoms with E-state index in [2.05, 4.69) is 20.7 Å². The molecule has 1 saturated carbocycles. The average molecular weight is 546 g/mol. The van der Waals surface area contributed by atoms with Crippen LogP contribution >= 0.6 is 0 Å². The molecule has 0 atom stereocenters. The van der Waals surface area contributed by atoms with Crippen LogP contribution < -0.4 is 26.9 Å². The number of hydrogen-bond donors (Lipinski definition) is 5. The third kappa shape index (κ3) is 10.5. The number of amidine groups is 1. The SMILES string of the molecule is CC(C)(O)C(=O)NC1CCCCC1.COc1cc(CNC(=O)c2cc(/C(N)=N/N(C)N)cc(C)n2)ccc1F. The topological polar surface area (TPSA) is 168 Å². The number of methoxy groups -OCH3 is 1. The number of aryl methyl sites for hydroxylation is 1. The van der Waals surface area contributed by atoms with Gasteiger partial charge < -0.3 is 26.2 Å². The van der Waals surface area contributed by atoms with Crippen LogP contribution in [0.3, 0.4) is 0 Å². The Hall–Kier alpha value is -3.77.